The predicted molar refractivity (Wildman–Crippen MR) is 125 cm³/mol. The van der Waals surface area contributed by atoms with Gasteiger partial charge in [-0.25, -0.2) is 8.42 Å². The van der Waals surface area contributed by atoms with E-state index in [2.05, 4.69) is 9.88 Å². The topological polar surface area (TPSA) is 96.7 Å². The molecule has 0 spiro atoms. The number of sulfonamides is 1. The van der Waals surface area contributed by atoms with E-state index in [9.17, 15) is 18.5 Å². The zero-order valence-electron chi connectivity index (χ0n) is 17.7. The Morgan fingerprint density at radius 3 is 2.53 bits per heavy atom. The lowest BCUT2D eigenvalue weighted by Gasteiger charge is -2.33. The minimum atomic E-state index is -3.17. The number of fused-ring (bicyclic) bond motifs is 1. The number of nitro benzene ring substituents is 1. The molecule has 1 aliphatic heterocycles. The molecule has 0 bridgehead atoms. The van der Waals surface area contributed by atoms with E-state index >= 15 is 0 Å². The van der Waals surface area contributed by atoms with E-state index in [1.807, 2.05) is 42.5 Å². The molecule has 2 heterocycles. The Kier molecular flexibility index (Phi) is 6.31. The van der Waals surface area contributed by atoms with Crippen LogP contribution >= 0.6 is 0 Å². The van der Waals surface area contributed by atoms with Crippen LogP contribution in [0.15, 0.2) is 54.7 Å². The van der Waals surface area contributed by atoms with Crippen molar-refractivity contribution in [2.24, 2.45) is 0 Å². The summed E-state index contributed by atoms with van der Waals surface area (Å²) in [5.41, 5.74) is 3.27. The molecule has 0 atom stereocenters. The third-order valence-electron chi connectivity index (χ3n) is 5.56. The van der Waals surface area contributed by atoms with E-state index in [-0.39, 0.29) is 10.6 Å². The van der Waals surface area contributed by atoms with E-state index in [1.54, 1.807) is 18.3 Å². The molecule has 1 aromatic heterocycles. The van der Waals surface area contributed by atoms with Gasteiger partial charge in [0.15, 0.2) is 0 Å². The molecule has 1 aliphatic rings. The van der Waals surface area contributed by atoms with Crippen molar-refractivity contribution in [3.05, 3.63) is 81.5 Å². The highest BCUT2D eigenvalue weighted by atomic mass is 32.2. The number of aromatic nitrogens is 1. The lowest BCUT2D eigenvalue weighted by Crippen LogP contribution is -2.47. The molecule has 0 amide bonds. The fraction of sp³-hybridized carbons (Fsp3) is 0.261. The van der Waals surface area contributed by atoms with Crippen LogP contribution in [0.2, 0.25) is 0 Å². The van der Waals surface area contributed by atoms with Crippen LogP contribution in [0.4, 0.5) is 5.69 Å². The van der Waals surface area contributed by atoms with Gasteiger partial charge in [-0.3, -0.25) is 20.0 Å². The zero-order valence-corrected chi connectivity index (χ0v) is 18.5. The first kappa shape index (κ1) is 22.1. The molecular formula is C23H24N4O4S. The first-order chi connectivity index (χ1) is 15.3. The van der Waals surface area contributed by atoms with Crippen LogP contribution in [-0.4, -0.2) is 60.0 Å². The lowest BCUT2D eigenvalue weighted by molar-refractivity contribution is -0.385. The summed E-state index contributed by atoms with van der Waals surface area (Å²) in [6, 6.07) is 14.9. The van der Waals surface area contributed by atoms with Crippen molar-refractivity contribution in [1.29, 1.82) is 0 Å². The summed E-state index contributed by atoms with van der Waals surface area (Å²) < 4.78 is 24.9. The second kappa shape index (κ2) is 9.15. The zero-order chi connectivity index (χ0) is 22.7. The molecule has 1 saturated heterocycles. The minimum Gasteiger partial charge on any atom is -0.296 e. The molecular weight excluding hydrogens is 428 g/mol. The first-order valence-corrected chi connectivity index (χ1v) is 12.1. The number of nitro groups is 1. The number of piperazine rings is 1. The highest BCUT2D eigenvalue weighted by Crippen LogP contribution is 2.24. The Bertz CT molecular complexity index is 1280. The highest BCUT2D eigenvalue weighted by Gasteiger charge is 2.23. The molecule has 32 heavy (non-hydrogen) atoms. The number of benzene rings is 2. The average Bonchev–Trinajstić information content (AvgIpc) is 2.77. The first-order valence-electron chi connectivity index (χ1n) is 10.3. The minimum absolute atomic E-state index is 0.0423. The summed E-state index contributed by atoms with van der Waals surface area (Å²) >= 11 is 0. The van der Waals surface area contributed by atoms with Crippen molar-refractivity contribution in [3.8, 4) is 0 Å². The molecule has 0 saturated carbocycles. The van der Waals surface area contributed by atoms with Crippen molar-refractivity contribution < 1.29 is 13.3 Å². The van der Waals surface area contributed by atoms with Crippen molar-refractivity contribution in [1.82, 2.24) is 14.2 Å². The van der Waals surface area contributed by atoms with Crippen molar-refractivity contribution in [3.63, 3.8) is 0 Å². The van der Waals surface area contributed by atoms with E-state index in [0.29, 0.717) is 38.3 Å². The molecule has 0 radical (unpaired) electrons. The SMILES string of the molecule is CS(=O)(=O)N1CCN(Cc2ccc([N+](=O)[O-])c(/C=C/c3cnc4ccccc4c3)c2)CC1. The Hall–Kier alpha value is -3.14. The van der Waals surface area contributed by atoms with E-state index in [1.165, 1.54) is 16.6 Å². The third kappa shape index (κ3) is 5.18. The van der Waals surface area contributed by atoms with Gasteiger partial charge in [-0.15, -0.1) is 0 Å². The molecule has 3 aromatic rings. The smallest absolute Gasteiger partial charge is 0.276 e. The monoisotopic (exact) mass is 452 g/mol. The van der Waals surface area contributed by atoms with Gasteiger partial charge < -0.3 is 0 Å². The van der Waals surface area contributed by atoms with Gasteiger partial charge in [-0.2, -0.15) is 4.31 Å². The standard InChI is InChI=1S/C23H24N4O4S/c1-32(30,31)26-12-10-25(11-13-26)17-19-7-9-23(27(28)29)21(15-19)8-6-18-14-20-4-2-3-5-22(20)24-16-18/h2-9,14-16H,10-13,17H2,1H3/b8-6+. The van der Waals surface area contributed by atoms with Crippen LogP contribution in [0.1, 0.15) is 16.7 Å². The number of para-hydroxylation sites is 1. The van der Waals surface area contributed by atoms with Gasteiger partial charge in [-0.1, -0.05) is 30.3 Å². The molecule has 8 nitrogen and oxygen atoms in total. The van der Waals surface area contributed by atoms with Gasteiger partial charge in [0.05, 0.1) is 22.3 Å². The summed E-state index contributed by atoms with van der Waals surface area (Å²) in [7, 11) is -3.17. The van der Waals surface area contributed by atoms with Gasteiger partial charge in [-0.05, 0) is 35.4 Å². The maximum absolute atomic E-state index is 11.7. The summed E-state index contributed by atoms with van der Waals surface area (Å²) in [6.45, 7) is 2.75. The lowest BCUT2D eigenvalue weighted by atomic mass is 10.1. The van der Waals surface area contributed by atoms with E-state index in [0.717, 1.165) is 22.0 Å². The summed E-state index contributed by atoms with van der Waals surface area (Å²) in [5, 5.41) is 12.5. The maximum atomic E-state index is 11.7. The summed E-state index contributed by atoms with van der Waals surface area (Å²) in [5.74, 6) is 0. The Morgan fingerprint density at radius 1 is 1.06 bits per heavy atom. The van der Waals surface area contributed by atoms with Crippen LogP contribution in [0.5, 0.6) is 0 Å². The largest absolute Gasteiger partial charge is 0.296 e. The molecule has 2 aromatic carbocycles. The molecule has 0 unspecified atom stereocenters. The second-order valence-corrected chi connectivity index (χ2v) is 9.87. The quantitative estimate of drug-likeness (QED) is 0.420. The average molecular weight is 453 g/mol. The van der Waals surface area contributed by atoms with Crippen LogP contribution in [-0.2, 0) is 16.6 Å². The second-order valence-electron chi connectivity index (χ2n) is 7.88. The molecule has 9 heteroatoms. The Morgan fingerprint density at radius 2 is 1.81 bits per heavy atom. The summed E-state index contributed by atoms with van der Waals surface area (Å²) in [4.78, 5) is 17.7. The van der Waals surface area contributed by atoms with Crippen LogP contribution < -0.4 is 0 Å². The fourth-order valence-corrected chi connectivity index (χ4v) is 4.67. The molecule has 0 aliphatic carbocycles. The fourth-order valence-electron chi connectivity index (χ4n) is 3.84. The number of hydrogen-bond donors (Lipinski definition) is 0. The molecule has 4 rings (SSSR count). The van der Waals surface area contributed by atoms with E-state index in [4.69, 9.17) is 0 Å². The van der Waals surface area contributed by atoms with Gasteiger partial charge in [0.25, 0.3) is 5.69 Å². The van der Waals surface area contributed by atoms with Gasteiger partial charge in [0.1, 0.15) is 0 Å². The number of nitrogens with zero attached hydrogens (tertiary/aromatic N) is 4. The highest BCUT2D eigenvalue weighted by molar-refractivity contribution is 7.88. The molecule has 166 valence electrons. The van der Waals surface area contributed by atoms with Crippen molar-refractivity contribution >= 4 is 38.8 Å². The van der Waals surface area contributed by atoms with Gasteiger partial charge >= 0.3 is 0 Å². The maximum Gasteiger partial charge on any atom is 0.276 e. The van der Waals surface area contributed by atoms with Crippen LogP contribution in [0.3, 0.4) is 0 Å². The predicted octanol–water partition coefficient (Wildman–Crippen LogP) is 3.39. The third-order valence-corrected chi connectivity index (χ3v) is 6.87. The summed E-state index contributed by atoms with van der Waals surface area (Å²) in [6.07, 6.45) is 6.55. The number of hydrogen-bond acceptors (Lipinski definition) is 6. The normalized spacial score (nSPS) is 16.0. The number of pyridine rings is 1. The molecule has 0 N–H and O–H groups in total. The van der Waals surface area contributed by atoms with E-state index < -0.39 is 10.0 Å². The van der Waals surface area contributed by atoms with Crippen molar-refractivity contribution in [2.75, 3.05) is 32.4 Å². The van der Waals surface area contributed by atoms with Crippen LogP contribution in [0.25, 0.3) is 23.1 Å². The van der Waals surface area contributed by atoms with Gasteiger partial charge in [0.2, 0.25) is 10.0 Å². The van der Waals surface area contributed by atoms with Crippen LogP contribution in [0, 0.1) is 10.1 Å². The Balaban J connectivity index is 1.53. The Labute approximate surface area is 187 Å². The molecule has 1 fully saturated rings. The van der Waals surface area contributed by atoms with Crippen molar-refractivity contribution in [2.45, 2.75) is 6.54 Å². The number of rotatable bonds is 6. The van der Waals surface area contributed by atoms with Gasteiger partial charge in [0, 0.05) is 50.4 Å².